The van der Waals surface area contributed by atoms with Crippen molar-refractivity contribution in [1.82, 2.24) is 9.21 Å². The SMILES string of the molecule is C=CCN(C)CCCCCOC1CCC(N(C)S(=O)(=O)Nc2ccc(Cl)cc2)CC1. The zero-order valence-corrected chi connectivity index (χ0v) is 19.8. The number of nitrogens with zero attached hydrogens (tertiary/aromatic N) is 2. The van der Waals surface area contributed by atoms with Gasteiger partial charge in [0.15, 0.2) is 0 Å². The van der Waals surface area contributed by atoms with Gasteiger partial charge >= 0.3 is 10.2 Å². The van der Waals surface area contributed by atoms with E-state index in [9.17, 15) is 8.42 Å². The predicted molar refractivity (Wildman–Crippen MR) is 125 cm³/mol. The van der Waals surface area contributed by atoms with Crippen LogP contribution in [0.4, 0.5) is 5.69 Å². The molecule has 0 atom stereocenters. The highest BCUT2D eigenvalue weighted by molar-refractivity contribution is 7.90. The molecule has 1 fully saturated rings. The monoisotopic (exact) mass is 457 g/mol. The van der Waals surface area contributed by atoms with Crippen molar-refractivity contribution in [3.8, 4) is 0 Å². The van der Waals surface area contributed by atoms with Gasteiger partial charge in [0.1, 0.15) is 0 Å². The first-order chi connectivity index (χ1) is 14.3. The minimum atomic E-state index is -3.59. The Morgan fingerprint density at radius 1 is 1.13 bits per heavy atom. The van der Waals surface area contributed by atoms with Crippen LogP contribution in [0.2, 0.25) is 5.02 Å². The van der Waals surface area contributed by atoms with E-state index in [0.29, 0.717) is 10.7 Å². The van der Waals surface area contributed by atoms with Crippen molar-refractivity contribution in [2.24, 2.45) is 0 Å². The van der Waals surface area contributed by atoms with Gasteiger partial charge in [0.25, 0.3) is 0 Å². The van der Waals surface area contributed by atoms with Crippen molar-refractivity contribution in [3.63, 3.8) is 0 Å². The van der Waals surface area contributed by atoms with Crippen LogP contribution in [-0.2, 0) is 14.9 Å². The van der Waals surface area contributed by atoms with Crippen molar-refractivity contribution in [2.75, 3.05) is 38.5 Å². The molecule has 0 aliphatic heterocycles. The van der Waals surface area contributed by atoms with Crippen molar-refractivity contribution >= 4 is 27.5 Å². The lowest BCUT2D eigenvalue weighted by molar-refractivity contribution is 0.0156. The van der Waals surface area contributed by atoms with Gasteiger partial charge in [-0.25, -0.2) is 0 Å². The summed E-state index contributed by atoms with van der Waals surface area (Å²) in [5.74, 6) is 0. The summed E-state index contributed by atoms with van der Waals surface area (Å²) < 4.78 is 35.4. The summed E-state index contributed by atoms with van der Waals surface area (Å²) in [6.45, 7) is 6.55. The molecule has 1 aromatic rings. The molecular formula is C22H36ClN3O3S. The average molecular weight is 458 g/mol. The van der Waals surface area contributed by atoms with Gasteiger partial charge in [-0.2, -0.15) is 12.7 Å². The number of unbranched alkanes of at least 4 members (excludes halogenated alkanes) is 2. The Kier molecular flexibility index (Phi) is 10.6. The van der Waals surface area contributed by atoms with Crippen LogP contribution in [0, 0.1) is 0 Å². The molecular weight excluding hydrogens is 422 g/mol. The highest BCUT2D eigenvalue weighted by Crippen LogP contribution is 2.27. The largest absolute Gasteiger partial charge is 0.378 e. The number of ether oxygens (including phenoxy) is 1. The number of hydrogen-bond donors (Lipinski definition) is 1. The molecule has 0 heterocycles. The fourth-order valence-corrected chi connectivity index (χ4v) is 5.04. The summed E-state index contributed by atoms with van der Waals surface area (Å²) in [5.41, 5.74) is 0.513. The van der Waals surface area contributed by atoms with Crippen LogP contribution in [0.25, 0.3) is 0 Å². The van der Waals surface area contributed by atoms with Gasteiger partial charge in [0, 0.05) is 37.0 Å². The maximum Gasteiger partial charge on any atom is 0.301 e. The van der Waals surface area contributed by atoms with Gasteiger partial charge in [-0.05, 0) is 82.8 Å². The number of likely N-dealkylation sites (N-methyl/N-ethyl adjacent to an activating group) is 1. The molecule has 1 aliphatic carbocycles. The summed E-state index contributed by atoms with van der Waals surface area (Å²) >= 11 is 5.86. The topological polar surface area (TPSA) is 61.9 Å². The Morgan fingerprint density at radius 2 is 1.80 bits per heavy atom. The Morgan fingerprint density at radius 3 is 2.43 bits per heavy atom. The standard InChI is InChI=1S/C22H36ClN3O3S/c1-4-16-25(2)17-6-5-7-18-29-22-14-12-21(13-15-22)26(3)30(27,28)24-20-10-8-19(23)9-11-20/h4,8-11,21-22,24H,1,5-7,12-18H2,2-3H3. The molecule has 0 unspecified atom stereocenters. The Balaban J connectivity index is 1.65. The predicted octanol–water partition coefficient (Wildman–Crippen LogP) is 4.54. The molecule has 0 spiro atoms. The van der Waals surface area contributed by atoms with E-state index < -0.39 is 10.2 Å². The van der Waals surface area contributed by atoms with Crippen LogP contribution in [0.1, 0.15) is 44.9 Å². The van der Waals surface area contributed by atoms with Crippen molar-refractivity contribution < 1.29 is 13.2 Å². The van der Waals surface area contributed by atoms with Gasteiger partial charge < -0.3 is 9.64 Å². The van der Waals surface area contributed by atoms with Crippen LogP contribution in [-0.4, -0.2) is 63.6 Å². The first kappa shape index (κ1) is 25.1. The Hall–Kier alpha value is -1.12. The van der Waals surface area contributed by atoms with Crippen LogP contribution < -0.4 is 4.72 Å². The highest BCUT2D eigenvalue weighted by Gasteiger charge is 2.30. The lowest BCUT2D eigenvalue weighted by atomic mass is 9.93. The molecule has 1 N–H and O–H groups in total. The van der Waals surface area contributed by atoms with E-state index in [0.717, 1.165) is 58.2 Å². The van der Waals surface area contributed by atoms with Crippen molar-refractivity contribution in [2.45, 2.75) is 57.1 Å². The number of benzene rings is 1. The first-order valence-electron chi connectivity index (χ1n) is 10.7. The first-order valence-corrected chi connectivity index (χ1v) is 12.6. The summed E-state index contributed by atoms with van der Waals surface area (Å²) in [4.78, 5) is 2.27. The van der Waals surface area contributed by atoms with Gasteiger partial charge in [-0.15, -0.1) is 6.58 Å². The molecule has 1 saturated carbocycles. The normalized spacial score (nSPS) is 19.9. The molecule has 0 bridgehead atoms. The Labute approximate surface area is 187 Å². The van der Waals surface area contributed by atoms with Gasteiger partial charge in [0.2, 0.25) is 0 Å². The van der Waals surface area contributed by atoms with E-state index in [1.165, 1.54) is 10.7 Å². The summed E-state index contributed by atoms with van der Waals surface area (Å²) in [5, 5.41) is 0.574. The maximum absolute atomic E-state index is 12.7. The van der Waals surface area contributed by atoms with E-state index in [-0.39, 0.29) is 12.1 Å². The maximum atomic E-state index is 12.7. The summed E-state index contributed by atoms with van der Waals surface area (Å²) in [6.07, 6.45) is 8.99. The molecule has 0 radical (unpaired) electrons. The molecule has 30 heavy (non-hydrogen) atoms. The third-order valence-corrected chi connectivity index (χ3v) is 7.41. The lowest BCUT2D eigenvalue weighted by Gasteiger charge is -2.34. The van der Waals surface area contributed by atoms with Crippen LogP contribution in [0.3, 0.4) is 0 Å². The second-order valence-electron chi connectivity index (χ2n) is 8.04. The number of nitrogens with one attached hydrogen (secondary N) is 1. The fraction of sp³-hybridized carbons (Fsp3) is 0.636. The van der Waals surface area contributed by atoms with Crippen LogP contribution in [0.15, 0.2) is 36.9 Å². The van der Waals surface area contributed by atoms with E-state index in [2.05, 4.69) is 23.2 Å². The molecule has 2 rings (SSSR count). The van der Waals surface area contributed by atoms with E-state index in [4.69, 9.17) is 16.3 Å². The highest BCUT2D eigenvalue weighted by atomic mass is 35.5. The average Bonchev–Trinajstić information content (AvgIpc) is 2.72. The van der Waals surface area contributed by atoms with Gasteiger partial charge in [-0.3, -0.25) is 4.72 Å². The van der Waals surface area contributed by atoms with Crippen LogP contribution >= 0.6 is 11.6 Å². The fourth-order valence-electron chi connectivity index (χ4n) is 3.73. The zero-order valence-electron chi connectivity index (χ0n) is 18.2. The minimum absolute atomic E-state index is 0.00459. The number of halogens is 1. The van der Waals surface area contributed by atoms with Crippen molar-refractivity contribution in [1.29, 1.82) is 0 Å². The molecule has 170 valence electrons. The molecule has 0 aromatic heterocycles. The molecule has 0 saturated heterocycles. The smallest absolute Gasteiger partial charge is 0.301 e. The molecule has 6 nitrogen and oxygen atoms in total. The molecule has 1 aliphatic rings. The molecule has 0 amide bonds. The van der Waals surface area contributed by atoms with E-state index >= 15 is 0 Å². The van der Waals surface area contributed by atoms with Gasteiger partial charge in [0.05, 0.1) is 6.10 Å². The Bertz CT molecular complexity index is 734. The van der Waals surface area contributed by atoms with E-state index in [1.807, 2.05) is 6.08 Å². The molecule has 1 aromatic carbocycles. The third-order valence-electron chi connectivity index (χ3n) is 5.61. The number of anilines is 1. The second-order valence-corrected chi connectivity index (χ2v) is 10.2. The summed E-state index contributed by atoms with van der Waals surface area (Å²) in [6, 6.07) is 6.66. The quantitative estimate of drug-likeness (QED) is 0.349. The number of rotatable bonds is 13. The van der Waals surface area contributed by atoms with Crippen molar-refractivity contribution in [3.05, 3.63) is 41.9 Å². The van der Waals surface area contributed by atoms with E-state index in [1.54, 1.807) is 31.3 Å². The summed E-state index contributed by atoms with van der Waals surface area (Å²) in [7, 11) is 0.164. The zero-order chi connectivity index (χ0) is 22.0. The molecule has 8 heteroatoms. The van der Waals surface area contributed by atoms with Gasteiger partial charge in [-0.1, -0.05) is 17.7 Å². The minimum Gasteiger partial charge on any atom is -0.378 e. The van der Waals surface area contributed by atoms with Crippen LogP contribution in [0.5, 0.6) is 0 Å². The lowest BCUT2D eigenvalue weighted by Crippen LogP contribution is -2.43. The third kappa shape index (κ3) is 8.55. The number of hydrogen-bond acceptors (Lipinski definition) is 4. The second kappa shape index (κ2) is 12.7.